The standard InChI is InChI=1S/C13H21N3O9/c1-5(17)10(16-11(22)6(14)2-3-8(18)19)12(23)15-7(13(24)25)4-9(20)21/h5-7,10,17H,2-4,14H2,1H3,(H,15,23)(H,16,22)(H,18,19)(H,20,21)(H,24,25). The van der Waals surface area contributed by atoms with E-state index in [2.05, 4.69) is 5.32 Å². The molecule has 0 aliphatic rings. The number of amides is 2. The number of aliphatic hydroxyl groups is 1. The normalized spacial score (nSPS) is 15.3. The van der Waals surface area contributed by atoms with Crippen LogP contribution in [-0.4, -0.2) is 74.4 Å². The molecule has 0 bridgehead atoms. The molecule has 0 spiro atoms. The smallest absolute Gasteiger partial charge is 0.326 e. The summed E-state index contributed by atoms with van der Waals surface area (Å²) in [4.78, 5) is 55.8. The van der Waals surface area contributed by atoms with Gasteiger partial charge in [0.2, 0.25) is 11.8 Å². The van der Waals surface area contributed by atoms with Crippen LogP contribution in [0.25, 0.3) is 0 Å². The molecule has 4 atom stereocenters. The van der Waals surface area contributed by atoms with Gasteiger partial charge in [-0.3, -0.25) is 19.2 Å². The summed E-state index contributed by atoms with van der Waals surface area (Å²) >= 11 is 0. The van der Waals surface area contributed by atoms with Gasteiger partial charge in [0, 0.05) is 6.42 Å². The Morgan fingerprint density at radius 1 is 0.960 bits per heavy atom. The highest BCUT2D eigenvalue weighted by molar-refractivity contribution is 5.93. The van der Waals surface area contributed by atoms with Crippen molar-refractivity contribution in [3.05, 3.63) is 0 Å². The molecule has 0 aromatic heterocycles. The van der Waals surface area contributed by atoms with E-state index in [9.17, 15) is 29.1 Å². The Morgan fingerprint density at radius 2 is 1.52 bits per heavy atom. The van der Waals surface area contributed by atoms with Gasteiger partial charge >= 0.3 is 17.9 Å². The first-order valence-corrected chi connectivity index (χ1v) is 7.16. The highest BCUT2D eigenvalue weighted by Crippen LogP contribution is 2.01. The molecular formula is C13H21N3O9. The number of nitrogens with two attached hydrogens (primary N) is 1. The highest BCUT2D eigenvalue weighted by atomic mass is 16.4. The zero-order valence-corrected chi connectivity index (χ0v) is 13.3. The van der Waals surface area contributed by atoms with Crippen LogP contribution in [0.3, 0.4) is 0 Å². The van der Waals surface area contributed by atoms with E-state index in [1.807, 2.05) is 5.32 Å². The molecule has 142 valence electrons. The van der Waals surface area contributed by atoms with Crippen molar-refractivity contribution >= 4 is 29.7 Å². The van der Waals surface area contributed by atoms with Gasteiger partial charge in [0.05, 0.1) is 18.6 Å². The monoisotopic (exact) mass is 363 g/mol. The quantitative estimate of drug-likeness (QED) is 0.198. The van der Waals surface area contributed by atoms with Crippen molar-refractivity contribution in [3.63, 3.8) is 0 Å². The third-order valence-corrected chi connectivity index (χ3v) is 3.06. The van der Waals surface area contributed by atoms with Crippen LogP contribution in [0.2, 0.25) is 0 Å². The van der Waals surface area contributed by atoms with Crippen molar-refractivity contribution in [3.8, 4) is 0 Å². The fraction of sp³-hybridized carbons (Fsp3) is 0.615. The van der Waals surface area contributed by atoms with E-state index < -0.39 is 60.4 Å². The van der Waals surface area contributed by atoms with Crippen LogP contribution in [0, 0.1) is 0 Å². The van der Waals surface area contributed by atoms with E-state index in [1.54, 1.807) is 0 Å². The number of aliphatic carboxylic acids is 3. The molecule has 0 radical (unpaired) electrons. The van der Waals surface area contributed by atoms with Crippen LogP contribution in [-0.2, 0) is 24.0 Å². The Labute approximate surface area is 142 Å². The Morgan fingerprint density at radius 3 is 1.92 bits per heavy atom. The molecule has 0 saturated heterocycles. The van der Waals surface area contributed by atoms with Gasteiger partial charge in [-0.1, -0.05) is 0 Å². The van der Waals surface area contributed by atoms with E-state index in [-0.39, 0.29) is 12.8 Å². The molecule has 0 aliphatic carbocycles. The maximum atomic E-state index is 12.0. The van der Waals surface area contributed by atoms with Crippen molar-refractivity contribution in [2.75, 3.05) is 0 Å². The van der Waals surface area contributed by atoms with Gasteiger partial charge in [0.25, 0.3) is 0 Å². The number of hydrogen-bond acceptors (Lipinski definition) is 7. The van der Waals surface area contributed by atoms with E-state index in [0.29, 0.717) is 0 Å². The van der Waals surface area contributed by atoms with E-state index in [4.69, 9.17) is 21.1 Å². The summed E-state index contributed by atoms with van der Waals surface area (Å²) in [5.41, 5.74) is 5.47. The Bertz CT molecular complexity index is 535. The maximum Gasteiger partial charge on any atom is 0.326 e. The second kappa shape index (κ2) is 10.2. The van der Waals surface area contributed by atoms with Crippen molar-refractivity contribution in [2.45, 2.75) is 50.4 Å². The summed E-state index contributed by atoms with van der Waals surface area (Å²) in [6.07, 6.45) is -2.96. The van der Waals surface area contributed by atoms with Crippen LogP contribution >= 0.6 is 0 Å². The lowest BCUT2D eigenvalue weighted by atomic mass is 10.1. The predicted molar refractivity (Wildman–Crippen MR) is 80.3 cm³/mol. The molecular weight excluding hydrogens is 342 g/mol. The van der Waals surface area contributed by atoms with Crippen molar-refractivity contribution in [1.29, 1.82) is 0 Å². The zero-order chi connectivity index (χ0) is 19.7. The minimum Gasteiger partial charge on any atom is -0.481 e. The summed E-state index contributed by atoms with van der Waals surface area (Å²) in [6, 6.07) is -4.62. The molecule has 0 rings (SSSR count). The summed E-state index contributed by atoms with van der Waals surface area (Å²) in [7, 11) is 0. The van der Waals surface area contributed by atoms with Crippen LogP contribution in [0.15, 0.2) is 0 Å². The summed E-state index contributed by atoms with van der Waals surface area (Å²) in [5, 5.41) is 39.6. The predicted octanol–water partition coefficient (Wildman–Crippen LogP) is -2.91. The third-order valence-electron chi connectivity index (χ3n) is 3.06. The summed E-state index contributed by atoms with van der Waals surface area (Å²) in [5.74, 6) is -6.30. The first-order chi connectivity index (χ1) is 11.5. The molecule has 12 nitrogen and oxygen atoms in total. The molecule has 0 heterocycles. The lowest BCUT2D eigenvalue weighted by molar-refractivity contribution is -0.147. The van der Waals surface area contributed by atoms with Gasteiger partial charge in [-0.05, 0) is 13.3 Å². The molecule has 0 aliphatic heterocycles. The molecule has 12 heteroatoms. The van der Waals surface area contributed by atoms with Crippen LogP contribution in [0.5, 0.6) is 0 Å². The lowest BCUT2D eigenvalue weighted by Crippen LogP contribution is -2.58. The summed E-state index contributed by atoms with van der Waals surface area (Å²) in [6.45, 7) is 1.14. The minimum absolute atomic E-state index is 0.216. The van der Waals surface area contributed by atoms with Crippen molar-refractivity contribution in [2.24, 2.45) is 5.73 Å². The molecule has 4 unspecified atom stereocenters. The molecule has 2 amide bonds. The zero-order valence-electron chi connectivity index (χ0n) is 13.3. The fourth-order valence-corrected chi connectivity index (χ4v) is 1.71. The van der Waals surface area contributed by atoms with E-state index in [1.165, 1.54) is 0 Å². The number of nitrogens with one attached hydrogen (secondary N) is 2. The number of carbonyl (C=O) groups is 5. The number of carbonyl (C=O) groups excluding carboxylic acids is 2. The second-order valence-corrected chi connectivity index (χ2v) is 5.26. The molecule has 0 fully saturated rings. The molecule has 25 heavy (non-hydrogen) atoms. The van der Waals surface area contributed by atoms with Gasteiger partial charge in [0.1, 0.15) is 12.1 Å². The topological polar surface area (TPSA) is 216 Å². The number of aliphatic hydroxyl groups excluding tert-OH is 1. The number of carboxylic acid groups (broad SMARTS) is 3. The van der Waals surface area contributed by atoms with Gasteiger partial charge in [-0.25, -0.2) is 4.79 Å². The first-order valence-electron chi connectivity index (χ1n) is 7.16. The number of carboxylic acids is 3. The Balaban J connectivity index is 4.94. The first kappa shape index (κ1) is 22.3. The van der Waals surface area contributed by atoms with Crippen LogP contribution in [0.1, 0.15) is 26.2 Å². The molecule has 0 aromatic carbocycles. The van der Waals surface area contributed by atoms with Gasteiger partial charge in [0.15, 0.2) is 0 Å². The molecule has 0 saturated carbocycles. The highest BCUT2D eigenvalue weighted by Gasteiger charge is 2.31. The molecule has 0 aromatic rings. The van der Waals surface area contributed by atoms with Gasteiger partial charge in [-0.15, -0.1) is 0 Å². The third kappa shape index (κ3) is 8.62. The maximum absolute atomic E-state index is 12.0. The van der Waals surface area contributed by atoms with Gasteiger partial charge < -0.3 is 36.8 Å². The number of rotatable bonds is 11. The van der Waals surface area contributed by atoms with Crippen molar-refractivity contribution < 1.29 is 44.4 Å². The number of hydrogen-bond donors (Lipinski definition) is 7. The van der Waals surface area contributed by atoms with Crippen LogP contribution < -0.4 is 16.4 Å². The Hall–Kier alpha value is -2.73. The Kier molecular flexibility index (Phi) is 9.09. The summed E-state index contributed by atoms with van der Waals surface area (Å²) < 4.78 is 0. The fourth-order valence-electron chi connectivity index (χ4n) is 1.71. The van der Waals surface area contributed by atoms with Crippen LogP contribution in [0.4, 0.5) is 0 Å². The second-order valence-electron chi connectivity index (χ2n) is 5.26. The minimum atomic E-state index is -1.76. The average Bonchev–Trinajstić information content (AvgIpc) is 2.47. The molecule has 8 N–H and O–H groups in total. The SMILES string of the molecule is CC(O)C(NC(=O)C(N)CCC(=O)O)C(=O)NC(CC(=O)O)C(=O)O. The largest absolute Gasteiger partial charge is 0.481 e. The van der Waals surface area contributed by atoms with E-state index in [0.717, 1.165) is 6.92 Å². The van der Waals surface area contributed by atoms with Gasteiger partial charge in [-0.2, -0.15) is 0 Å². The lowest BCUT2D eigenvalue weighted by Gasteiger charge is -2.24. The van der Waals surface area contributed by atoms with E-state index >= 15 is 0 Å². The average molecular weight is 363 g/mol. The van der Waals surface area contributed by atoms with Crippen molar-refractivity contribution in [1.82, 2.24) is 10.6 Å².